The minimum absolute atomic E-state index is 0.103. The summed E-state index contributed by atoms with van der Waals surface area (Å²) in [7, 11) is 0. The molecule has 0 aromatic heterocycles. The number of Topliss-reactive ketones (excluding diaryl/α,β-unsaturated/α-hetero) is 1. The summed E-state index contributed by atoms with van der Waals surface area (Å²) in [5, 5.41) is 15.2. The van der Waals surface area contributed by atoms with Gasteiger partial charge in [0.2, 0.25) is 0 Å². The molecule has 0 saturated carbocycles. The molecule has 0 fully saturated rings. The van der Waals surface area contributed by atoms with E-state index < -0.39 is 5.97 Å². The molecule has 15 heavy (non-hydrogen) atoms. The van der Waals surface area contributed by atoms with Crippen LogP contribution >= 0.6 is 0 Å². The molecule has 0 aliphatic heterocycles. The van der Waals surface area contributed by atoms with Crippen LogP contribution in [-0.4, -0.2) is 41.8 Å². The second kappa shape index (κ2) is 18.6. The van der Waals surface area contributed by atoms with Crippen LogP contribution < -0.4 is 0 Å². The van der Waals surface area contributed by atoms with Crippen molar-refractivity contribution in [1.29, 1.82) is 0 Å². The Hall–Kier alpha value is -1.20. The Morgan fingerprint density at radius 2 is 1.60 bits per heavy atom. The van der Waals surface area contributed by atoms with Crippen LogP contribution in [0.5, 0.6) is 0 Å². The summed E-state index contributed by atoms with van der Waals surface area (Å²) in [4.78, 5) is 20.6. The highest BCUT2D eigenvalue weighted by Crippen LogP contribution is 1.86. The van der Waals surface area contributed by atoms with Gasteiger partial charge in [0.15, 0.2) is 0 Å². The van der Waals surface area contributed by atoms with Crippen molar-refractivity contribution in [2.45, 2.75) is 20.3 Å². The summed E-state index contributed by atoms with van der Waals surface area (Å²) in [5.74, 6) is -0.599. The normalized spacial score (nSPS) is 7.47. The van der Waals surface area contributed by atoms with Crippen LogP contribution in [0.25, 0.3) is 0 Å². The molecule has 5 nitrogen and oxygen atoms in total. The van der Waals surface area contributed by atoms with Gasteiger partial charge in [-0.3, -0.25) is 9.59 Å². The number of hydrogen-bond acceptors (Lipinski definition) is 5. The van der Waals surface area contributed by atoms with Crippen molar-refractivity contribution in [3.05, 3.63) is 13.2 Å². The Balaban J connectivity index is -0.000000202. The number of rotatable bonds is 4. The molecular weight excluding hydrogens is 200 g/mol. The van der Waals surface area contributed by atoms with Crippen molar-refractivity contribution in [2.75, 3.05) is 19.8 Å². The number of ether oxygens (including phenoxy) is 1. The first kappa shape index (κ1) is 19.4. The van der Waals surface area contributed by atoms with E-state index in [0.29, 0.717) is 6.61 Å². The Bertz CT molecular complexity index is 154. The van der Waals surface area contributed by atoms with Crippen molar-refractivity contribution in [1.82, 2.24) is 0 Å². The third kappa shape index (κ3) is 32.3. The number of carbonyl (C=O) groups excluding carboxylic acids is 2. The smallest absolute Gasteiger partial charge is 0.313 e. The summed E-state index contributed by atoms with van der Waals surface area (Å²) >= 11 is 0. The Kier molecular flexibility index (Phi) is 24.0. The SMILES string of the molecule is C=C.CCOC(=O)CC(C)=O.OCCO. The average Bonchev–Trinajstić information content (AvgIpc) is 2.20. The second-order valence-corrected chi connectivity index (χ2v) is 2.13. The molecular formula is C10H20O5. The molecule has 0 aromatic rings. The van der Waals surface area contributed by atoms with Crippen LogP contribution in [0.4, 0.5) is 0 Å². The molecule has 0 saturated heterocycles. The summed E-state index contributed by atoms with van der Waals surface area (Å²) in [6.07, 6.45) is -0.103. The molecule has 0 unspecified atom stereocenters. The van der Waals surface area contributed by atoms with Gasteiger partial charge in [-0.05, 0) is 13.8 Å². The highest BCUT2D eigenvalue weighted by atomic mass is 16.5. The van der Waals surface area contributed by atoms with Gasteiger partial charge in [-0.2, -0.15) is 0 Å². The maximum absolute atomic E-state index is 10.4. The minimum atomic E-state index is -0.440. The van der Waals surface area contributed by atoms with Gasteiger partial charge in [-0.25, -0.2) is 0 Å². The summed E-state index contributed by atoms with van der Waals surface area (Å²) < 4.78 is 4.49. The fraction of sp³-hybridized carbons (Fsp3) is 0.600. The zero-order valence-corrected chi connectivity index (χ0v) is 9.36. The molecule has 90 valence electrons. The number of hydrogen-bond donors (Lipinski definition) is 2. The van der Waals surface area contributed by atoms with Gasteiger partial charge in [-0.1, -0.05) is 0 Å². The number of carbonyl (C=O) groups is 2. The van der Waals surface area contributed by atoms with Crippen LogP contribution in [-0.2, 0) is 14.3 Å². The molecule has 0 amide bonds. The average molecular weight is 220 g/mol. The van der Waals surface area contributed by atoms with Gasteiger partial charge >= 0.3 is 5.97 Å². The first-order chi connectivity index (χ1) is 7.08. The molecule has 5 heteroatoms. The summed E-state index contributed by atoms with van der Waals surface area (Å²) in [5.41, 5.74) is 0. The van der Waals surface area contributed by atoms with Gasteiger partial charge in [0.25, 0.3) is 0 Å². The predicted molar refractivity (Wildman–Crippen MR) is 57.4 cm³/mol. The maximum Gasteiger partial charge on any atom is 0.313 e. The van der Waals surface area contributed by atoms with Crippen LogP contribution in [0.2, 0.25) is 0 Å². The standard InChI is InChI=1S/C6H10O3.C2H6O2.C2H4/c1-3-9-6(8)4-5(2)7;3-1-2-4;1-2/h3-4H2,1-2H3;3-4H,1-2H2;1-2H2. The van der Waals surface area contributed by atoms with Crippen molar-refractivity contribution < 1.29 is 24.5 Å². The first-order valence-corrected chi connectivity index (χ1v) is 4.45. The fourth-order valence-corrected chi connectivity index (χ4v) is 0.415. The molecule has 0 rings (SSSR count). The maximum atomic E-state index is 10.4. The van der Waals surface area contributed by atoms with E-state index in [2.05, 4.69) is 17.9 Å². The molecule has 0 aliphatic rings. The van der Waals surface area contributed by atoms with Gasteiger partial charge in [0.1, 0.15) is 12.2 Å². The molecule has 0 bridgehead atoms. The van der Waals surface area contributed by atoms with Crippen molar-refractivity contribution >= 4 is 11.8 Å². The first-order valence-electron chi connectivity index (χ1n) is 4.45. The minimum Gasteiger partial charge on any atom is -0.466 e. The van der Waals surface area contributed by atoms with E-state index in [1.54, 1.807) is 6.92 Å². The lowest BCUT2D eigenvalue weighted by Crippen LogP contribution is -2.07. The number of esters is 1. The van der Waals surface area contributed by atoms with E-state index in [9.17, 15) is 9.59 Å². The van der Waals surface area contributed by atoms with E-state index in [4.69, 9.17) is 10.2 Å². The zero-order chi connectivity index (χ0) is 12.7. The number of aliphatic hydroxyl groups is 2. The Labute approximate surface area is 90.4 Å². The largest absolute Gasteiger partial charge is 0.466 e. The van der Waals surface area contributed by atoms with Gasteiger partial charge in [-0.15, -0.1) is 13.2 Å². The molecule has 2 N–H and O–H groups in total. The van der Waals surface area contributed by atoms with E-state index in [0.717, 1.165) is 0 Å². The van der Waals surface area contributed by atoms with E-state index >= 15 is 0 Å². The van der Waals surface area contributed by atoms with Crippen molar-refractivity contribution in [3.8, 4) is 0 Å². The third-order valence-electron chi connectivity index (χ3n) is 0.799. The van der Waals surface area contributed by atoms with Gasteiger partial charge in [0, 0.05) is 0 Å². The van der Waals surface area contributed by atoms with Crippen molar-refractivity contribution in [3.63, 3.8) is 0 Å². The lowest BCUT2D eigenvalue weighted by Gasteiger charge is -1.96. The van der Waals surface area contributed by atoms with Crippen LogP contribution in [0.1, 0.15) is 20.3 Å². The topological polar surface area (TPSA) is 83.8 Å². The summed E-state index contributed by atoms with van der Waals surface area (Å²) in [6.45, 7) is 9.15. The zero-order valence-electron chi connectivity index (χ0n) is 9.36. The van der Waals surface area contributed by atoms with Gasteiger partial charge < -0.3 is 14.9 Å². The molecule has 0 aliphatic carbocycles. The third-order valence-corrected chi connectivity index (χ3v) is 0.799. The highest BCUT2D eigenvalue weighted by molar-refractivity contribution is 5.94. The van der Waals surface area contributed by atoms with Crippen LogP contribution in [0.3, 0.4) is 0 Å². The predicted octanol–water partition coefficient (Wildman–Crippen LogP) is 0.302. The Morgan fingerprint density at radius 3 is 1.80 bits per heavy atom. The molecule has 0 heterocycles. The summed E-state index contributed by atoms with van der Waals surface area (Å²) in [6, 6.07) is 0. The number of aliphatic hydroxyl groups excluding tert-OH is 2. The molecule has 0 atom stereocenters. The second-order valence-electron chi connectivity index (χ2n) is 2.13. The molecule has 0 spiro atoms. The van der Waals surface area contributed by atoms with Crippen LogP contribution in [0.15, 0.2) is 13.2 Å². The van der Waals surface area contributed by atoms with E-state index in [1.165, 1.54) is 6.92 Å². The lowest BCUT2D eigenvalue weighted by molar-refractivity contribution is -0.145. The van der Waals surface area contributed by atoms with Crippen LogP contribution in [0, 0.1) is 0 Å². The Morgan fingerprint density at radius 1 is 1.20 bits per heavy atom. The fourth-order valence-electron chi connectivity index (χ4n) is 0.415. The van der Waals surface area contributed by atoms with E-state index in [1.807, 2.05) is 0 Å². The molecule has 0 aromatic carbocycles. The lowest BCUT2D eigenvalue weighted by atomic mass is 10.3. The van der Waals surface area contributed by atoms with Crippen molar-refractivity contribution in [2.24, 2.45) is 0 Å². The van der Waals surface area contributed by atoms with Gasteiger partial charge in [0.05, 0.1) is 19.8 Å². The monoisotopic (exact) mass is 220 g/mol. The highest BCUT2D eigenvalue weighted by Gasteiger charge is 2.03. The quantitative estimate of drug-likeness (QED) is 0.404. The molecule has 0 radical (unpaired) electrons. The number of ketones is 1. The van der Waals surface area contributed by atoms with E-state index in [-0.39, 0.29) is 25.4 Å².